The van der Waals surface area contributed by atoms with Crippen LogP contribution in [0, 0.1) is 22.7 Å². The maximum absolute atomic E-state index is 14.1. The highest BCUT2D eigenvalue weighted by atomic mass is 19.4. The number of hydrogen-bond donors (Lipinski definition) is 0. The van der Waals surface area contributed by atoms with Crippen molar-refractivity contribution >= 4 is 43.6 Å². The Morgan fingerprint density at radius 3 is 1.36 bits per heavy atom. The van der Waals surface area contributed by atoms with Crippen LogP contribution < -0.4 is 0 Å². The molecule has 8 rings (SSSR count). The SMILES string of the molecule is N#Cc1ccccc1-c1cc(-n2c3ccccc3c3ccc(C(F)(F)F)cc32)c(C#N)c(-n2c3ccccc3c3ccc(C(F)(F)F)cc32)c1. The molecule has 0 saturated carbocycles. The predicted molar refractivity (Wildman–Crippen MR) is 180 cm³/mol. The summed E-state index contributed by atoms with van der Waals surface area (Å²) in [4.78, 5) is 0. The van der Waals surface area contributed by atoms with E-state index >= 15 is 0 Å². The molecule has 8 aromatic rings. The molecule has 2 aromatic heterocycles. The van der Waals surface area contributed by atoms with Gasteiger partial charge in [-0.1, -0.05) is 66.7 Å². The molecule has 0 saturated heterocycles. The highest BCUT2D eigenvalue weighted by Crippen LogP contribution is 2.43. The van der Waals surface area contributed by atoms with Crippen molar-refractivity contribution in [3.8, 4) is 34.6 Å². The Hall–Kier alpha value is -6.52. The van der Waals surface area contributed by atoms with Gasteiger partial charge in [-0.2, -0.15) is 36.9 Å². The lowest BCUT2D eigenvalue weighted by Crippen LogP contribution is -2.08. The maximum Gasteiger partial charge on any atom is 0.416 e. The average Bonchev–Trinajstić information content (AvgIpc) is 3.62. The van der Waals surface area contributed by atoms with Gasteiger partial charge in [-0.3, -0.25) is 0 Å². The number of fused-ring (bicyclic) bond motifs is 6. The van der Waals surface area contributed by atoms with Gasteiger partial charge < -0.3 is 9.13 Å². The molecule has 0 N–H and O–H groups in total. The van der Waals surface area contributed by atoms with E-state index in [1.54, 1.807) is 94.1 Å². The molecule has 0 aliphatic heterocycles. The first-order valence-electron chi connectivity index (χ1n) is 15.3. The van der Waals surface area contributed by atoms with E-state index in [2.05, 4.69) is 12.1 Å². The standard InChI is InChI=1S/C40H20F6N4/c41-39(42,43)25-13-15-30-28-9-3-5-11-33(28)49(37(30)19-25)35-17-24(27-8-2-1-7-23(27)21-47)18-36(32(35)22-48)50-34-12-6-4-10-29(34)31-16-14-26(20-38(31)50)40(44,45)46/h1-20H. The number of para-hydroxylation sites is 2. The number of aromatic nitrogens is 2. The Kier molecular flexibility index (Phi) is 6.78. The first kappa shape index (κ1) is 30.8. The Bertz CT molecular complexity index is 2620. The molecule has 0 unspecified atom stereocenters. The van der Waals surface area contributed by atoms with Crippen molar-refractivity contribution in [2.75, 3.05) is 0 Å². The van der Waals surface area contributed by atoms with E-state index in [-0.39, 0.29) is 33.5 Å². The molecule has 10 heteroatoms. The zero-order valence-electron chi connectivity index (χ0n) is 25.6. The zero-order chi connectivity index (χ0) is 34.9. The second-order valence-electron chi connectivity index (χ2n) is 11.8. The van der Waals surface area contributed by atoms with Crippen LogP contribution in [0.2, 0.25) is 0 Å². The molecule has 2 heterocycles. The summed E-state index contributed by atoms with van der Waals surface area (Å²) in [5.74, 6) is 0. The van der Waals surface area contributed by atoms with Gasteiger partial charge in [-0.05, 0) is 65.7 Å². The van der Waals surface area contributed by atoms with E-state index in [1.807, 2.05) is 0 Å². The second kappa shape index (κ2) is 11.0. The lowest BCUT2D eigenvalue weighted by atomic mass is 9.96. The molecular formula is C40H20F6N4. The third kappa shape index (κ3) is 4.68. The van der Waals surface area contributed by atoms with Crippen molar-refractivity contribution in [1.29, 1.82) is 10.5 Å². The second-order valence-corrected chi connectivity index (χ2v) is 11.8. The van der Waals surface area contributed by atoms with Crippen molar-refractivity contribution in [2.45, 2.75) is 12.4 Å². The molecule has 242 valence electrons. The molecule has 50 heavy (non-hydrogen) atoms. The van der Waals surface area contributed by atoms with Gasteiger partial charge in [-0.25, -0.2) is 0 Å². The van der Waals surface area contributed by atoms with Gasteiger partial charge in [0.15, 0.2) is 0 Å². The Labute approximate surface area is 279 Å². The minimum Gasteiger partial charge on any atom is -0.308 e. The summed E-state index contributed by atoms with van der Waals surface area (Å²) < 4.78 is 87.8. The number of hydrogen-bond acceptors (Lipinski definition) is 2. The van der Waals surface area contributed by atoms with Gasteiger partial charge in [0.25, 0.3) is 0 Å². The summed E-state index contributed by atoms with van der Waals surface area (Å²) in [6, 6.07) is 35.3. The fourth-order valence-corrected chi connectivity index (χ4v) is 6.88. The molecule has 0 atom stereocenters. The molecular weight excluding hydrogens is 650 g/mol. The average molecular weight is 671 g/mol. The molecule has 0 aliphatic carbocycles. The smallest absolute Gasteiger partial charge is 0.308 e. The highest BCUT2D eigenvalue weighted by Gasteiger charge is 2.33. The molecule has 4 nitrogen and oxygen atoms in total. The quantitative estimate of drug-likeness (QED) is 0.176. The molecule has 0 radical (unpaired) electrons. The molecule has 0 bridgehead atoms. The molecule has 6 aromatic carbocycles. The Morgan fingerprint density at radius 2 is 0.900 bits per heavy atom. The van der Waals surface area contributed by atoms with Crippen LogP contribution >= 0.6 is 0 Å². The molecule has 0 amide bonds. The number of alkyl halides is 6. The van der Waals surface area contributed by atoms with E-state index in [9.17, 15) is 36.9 Å². The number of nitrogens with zero attached hydrogens (tertiary/aromatic N) is 4. The predicted octanol–water partition coefficient (Wildman–Crippen LogP) is 11.3. The van der Waals surface area contributed by atoms with Crippen LogP contribution in [-0.4, -0.2) is 9.13 Å². The molecule has 0 fully saturated rings. The first-order valence-corrected chi connectivity index (χ1v) is 15.3. The summed E-state index contributed by atoms with van der Waals surface area (Å²) in [7, 11) is 0. The van der Waals surface area contributed by atoms with Gasteiger partial charge in [0.1, 0.15) is 11.6 Å². The fraction of sp³-hybridized carbons (Fsp3) is 0.0500. The van der Waals surface area contributed by atoms with Gasteiger partial charge in [0, 0.05) is 21.5 Å². The van der Waals surface area contributed by atoms with Crippen LogP contribution in [0.3, 0.4) is 0 Å². The van der Waals surface area contributed by atoms with Gasteiger partial charge in [0.2, 0.25) is 0 Å². The van der Waals surface area contributed by atoms with Crippen LogP contribution in [0.15, 0.2) is 121 Å². The van der Waals surface area contributed by atoms with Crippen LogP contribution in [0.25, 0.3) is 66.1 Å². The minimum absolute atomic E-state index is 0.00307. The number of halogens is 6. The van der Waals surface area contributed by atoms with Crippen LogP contribution in [0.4, 0.5) is 26.3 Å². The topological polar surface area (TPSA) is 57.4 Å². The van der Waals surface area contributed by atoms with Crippen molar-refractivity contribution in [3.63, 3.8) is 0 Å². The van der Waals surface area contributed by atoms with E-state index in [0.717, 1.165) is 24.3 Å². The van der Waals surface area contributed by atoms with Crippen molar-refractivity contribution in [1.82, 2.24) is 9.13 Å². The lowest BCUT2D eigenvalue weighted by molar-refractivity contribution is -0.138. The highest BCUT2D eigenvalue weighted by molar-refractivity contribution is 6.11. The van der Waals surface area contributed by atoms with Crippen LogP contribution in [-0.2, 0) is 12.4 Å². The lowest BCUT2D eigenvalue weighted by Gasteiger charge is -2.19. The third-order valence-corrected chi connectivity index (χ3v) is 9.05. The van der Waals surface area contributed by atoms with E-state index in [0.29, 0.717) is 43.7 Å². The normalized spacial score (nSPS) is 12.2. The summed E-state index contributed by atoms with van der Waals surface area (Å²) >= 11 is 0. The summed E-state index contributed by atoms with van der Waals surface area (Å²) in [6.07, 6.45) is -9.32. The van der Waals surface area contributed by atoms with Gasteiger partial charge in [-0.15, -0.1) is 0 Å². The van der Waals surface area contributed by atoms with Crippen LogP contribution in [0.1, 0.15) is 22.3 Å². The monoisotopic (exact) mass is 670 g/mol. The third-order valence-electron chi connectivity index (χ3n) is 9.05. The number of rotatable bonds is 3. The van der Waals surface area contributed by atoms with Crippen molar-refractivity contribution in [2.24, 2.45) is 0 Å². The Morgan fingerprint density at radius 1 is 0.460 bits per heavy atom. The summed E-state index contributed by atoms with van der Waals surface area (Å²) in [6.45, 7) is 0. The fourth-order valence-electron chi connectivity index (χ4n) is 6.88. The van der Waals surface area contributed by atoms with Gasteiger partial charge >= 0.3 is 12.4 Å². The first-order chi connectivity index (χ1) is 24.0. The molecule has 0 aliphatic rings. The van der Waals surface area contributed by atoms with E-state index in [1.165, 1.54) is 12.1 Å². The summed E-state index contributed by atoms with van der Waals surface area (Å²) in [5, 5.41) is 23.3. The minimum atomic E-state index is -4.66. The number of nitriles is 2. The molecule has 0 spiro atoms. The zero-order valence-corrected chi connectivity index (χ0v) is 25.6. The van der Waals surface area contributed by atoms with Crippen molar-refractivity contribution < 1.29 is 26.3 Å². The summed E-state index contributed by atoms with van der Waals surface area (Å²) in [5.41, 5.74) is 1.17. The van der Waals surface area contributed by atoms with Gasteiger partial charge in [0.05, 0.1) is 56.2 Å². The van der Waals surface area contributed by atoms with E-state index in [4.69, 9.17) is 0 Å². The van der Waals surface area contributed by atoms with E-state index < -0.39 is 23.5 Å². The van der Waals surface area contributed by atoms with Crippen LogP contribution in [0.5, 0.6) is 0 Å². The Balaban J connectivity index is 1.58. The maximum atomic E-state index is 14.1. The number of benzene rings is 6. The van der Waals surface area contributed by atoms with Crippen molar-refractivity contribution in [3.05, 3.63) is 144 Å². The largest absolute Gasteiger partial charge is 0.416 e.